The molecule has 1 rings (SSSR count). The smallest absolute Gasteiger partial charge is 0.188 e. The van der Waals surface area contributed by atoms with Gasteiger partial charge in [-0.3, -0.25) is 0 Å². The van der Waals surface area contributed by atoms with Crippen molar-refractivity contribution in [1.82, 2.24) is 0 Å². The Morgan fingerprint density at radius 1 is 1.43 bits per heavy atom. The molecule has 1 aromatic carbocycles. The lowest BCUT2D eigenvalue weighted by molar-refractivity contribution is 0.0511. The molecule has 0 saturated carbocycles. The highest BCUT2D eigenvalue weighted by atomic mass is 79.9. The second-order valence-corrected chi connectivity index (χ2v) is 3.33. The van der Waals surface area contributed by atoms with Gasteiger partial charge in [0.05, 0.1) is 0 Å². The van der Waals surface area contributed by atoms with E-state index >= 15 is 0 Å². The molecule has 0 atom stereocenters. The molecule has 3 heteroatoms. The predicted octanol–water partition coefficient (Wildman–Crippen LogP) is 3.08. The molecule has 76 valence electrons. The molecular weight excluding hydrogens is 244 g/mol. The number of hydrogen-bond donors (Lipinski definition) is 0. The van der Waals surface area contributed by atoms with E-state index in [0.717, 1.165) is 16.6 Å². The topological polar surface area (TPSA) is 18.5 Å². The number of rotatable bonds is 5. The van der Waals surface area contributed by atoms with E-state index in [9.17, 15) is 0 Å². The highest BCUT2D eigenvalue weighted by Crippen LogP contribution is 2.14. The first kappa shape index (κ1) is 11.3. The lowest BCUT2D eigenvalue weighted by Gasteiger charge is -2.04. The van der Waals surface area contributed by atoms with Crippen molar-refractivity contribution in [2.24, 2.45) is 0 Å². The van der Waals surface area contributed by atoms with Crippen LogP contribution >= 0.6 is 15.9 Å². The first-order chi connectivity index (χ1) is 6.86. The minimum Gasteiger partial charge on any atom is -0.468 e. The highest BCUT2D eigenvalue weighted by molar-refractivity contribution is 9.09. The van der Waals surface area contributed by atoms with E-state index in [0.29, 0.717) is 0 Å². The molecule has 0 aliphatic carbocycles. The van der Waals surface area contributed by atoms with Gasteiger partial charge in [0.1, 0.15) is 5.75 Å². The minimum atomic E-state index is 0.283. The molecule has 0 radical (unpaired) electrons. The third kappa shape index (κ3) is 3.94. The quantitative estimate of drug-likeness (QED) is 0.596. The van der Waals surface area contributed by atoms with E-state index in [2.05, 4.69) is 15.9 Å². The Balaban J connectivity index is 2.63. The second-order valence-electron chi connectivity index (χ2n) is 2.68. The van der Waals surface area contributed by atoms with Crippen molar-refractivity contribution >= 4 is 22.0 Å². The molecule has 0 amide bonds. The van der Waals surface area contributed by atoms with Crippen molar-refractivity contribution in [3.63, 3.8) is 0 Å². The Hall–Kier alpha value is -0.800. The van der Waals surface area contributed by atoms with Crippen molar-refractivity contribution in [3.05, 3.63) is 35.9 Å². The third-order valence-electron chi connectivity index (χ3n) is 1.60. The summed E-state index contributed by atoms with van der Waals surface area (Å²) < 4.78 is 10.1. The first-order valence-corrected chi connectivity index (χ1v) is 5.43. The maximum Gasteiger partial charge on any atom is 0.188 e. The summed E-state index contributed by atoms with van der Waals surface area (Å²) in [6.07, 6.45) is 4.07. The first-order valence-electron chi connectivity index (χ1n) is 4.31. The van der Waals surface area contributed by atoms with Crippen LogP contribution in [0.2, 0.25) is 0 Å². The van der Waals surface area contributed by atoms with Gasteiger partial charge < -0.3 is 9.47 Å². The summed E-state index contributed by atoms with van der Waals surface area (Å²) in [7, 11) is 1.61. The Labute approximate surface area is 92.7 Å². The molecule has 0 spiro atoms. The van der Waals surface area contributed by atoms with Crippen LogP contribution in [0.15, 0.2) is 30.3 Å². The summed E-state index contributed by atoms with van der Waals surface area (Å²) in [5.74, 6) is 0.823. The molecule has 0 aliphatic rings. The van der Waals surface area contributed by atoms with Crippen LogP contribution in [-0.4, -0.2) is 19.2 Å². The van der Waals surface area contributed by atoms with Crippen molar-refractivity contribution in [2.45, 2.75) is 0 Å². The fourth-order valence-corrected chi connectivity index (χ4v) is 1.20. The molecule has 2 nitrogen and oxygen atoms in total. The minimum absolute atomic E-state index is 0.283. The number of alkyl halides is 1. The van der Waals surface area contributed by atoms with Crippen LogP contribution in [0, 0.1) is 0 Å². The van der Waals surface area contributed by atoms with E-state index in [1.54, 1.807) is 7.11 Å². The van der Waals surface area contributed by atoms with Crippen LogP contribution in [-0.2, 0) is 4.74 Å². The maximum absolute atomic E-state index is 5.31. The van der Waals surface area contributed by atoms with E-state index < -0.39 is 0 Å². The van der Waals surface area contributed by atoms with Crippen molar-refractivity contribution < 1.29 is 9.47 Å². The summed E-state index contributed by atoms with van der Waals surface area (Å²) in [5, 5.41) is 0.857. The van der Waals surface area contributed by atoms with Gasteiger partial charge in [0, 0.05) is 12.4 Å². The molecule has 0 fully saturated rings. The maximum atomic E-state index is 5.31. The monoisotopic (exact) mass is 256 g/mol. The largest absolute Gasteiger partial charge is 0.468 e. The molecule has 0 aliphatic heterocycles. The summed E-state index contributed by atoms with van der Waals surface area (Å²) >= 11 is 3.33. The Morgan fingerprint density at radius 3 is 3.00 bits per heavy atom. The van der Waals surface area contributed by atoms with E-state index in [1.807, 2.05) is 36.4 Å². The number of allylic oxidation sites excluding steroid dienone is 1. The number of halogens is 1. The number of methoxy groups -OCH3 is 1. The van der Waals surface area contributed by atoms with Gasteiger partial charge in [0.15, 0.2) is 6.79 Å². The van der Waals surface area contributed by atoms with Gasteiger partial charge in [-0.25, -0.2) is 0 Å². The van der Waals surface area contributed by atoms with E-state index in [-0.39, 0.29) is 6.79 Å². The molecule has 0 heterocycles. The summed E-state index contributed by atoms with van der Waals surface area (Å²) in [5.41, 5.74) is 1.12. The molecule has 0 bridgehead atoms. The Morgan fingerprint density at radius 2 is 2.29 bits per heavy atom. The third-order valence-corrected chi connectivity index (χ3v) is 1.97. The van der Waals surface area contributed by atoms with Crippen molar-refractivity contribution in [1.29, 1.82) is 0 Å². The van der Waals surface area contributed by atoms with Crippen LogP contribution in [0.5, 0.6) is 5.75 Å². The lowest BCUT2D eigenvalue weighted by atomic mass is 10.2. The van der Waals surface area contributed by atoms with Gasteiger partial charge >= 0.3 is 0 Å². The zero-order valence-electron chi connectivity index (χ0n) is 8.07. The van der Waals surface area contributed by atoms with Crippen LogP contribution in [0.4, 0.5) is 0 Å². The van der Waals surface area contributed by atoms with Crippen molar-refractivity contribution in [3.8, 4) is 5.75 Å². The van der Waals surface area contributed by atoms with Gasteiger partial charge in [0.2, 0.25) is 0 Å². The van der Waals surface area contributed by atoms with Crippen LogP contribution in [0.25, 0.3) is 6.08 Å². The van der Waals surface area contributed by atoms with Crippen LogP contribution < -0.4 is 4.74 Å². The van der Waals surface area contributed by atoms with Gasteiger partial charge in [-0.05, 0) is 17.7 Å². The van der Waals surface area contributed by atoms with Crippen molar-refractivity contribution in [2.75, 3.05) is 19.2 Å². The van der Waals surface area contributed by atoms with Gasteiger partial charge in [-0.1, -0.05) is 40.2 Å². The van der Waals surface area contributed by atoms with E-state index in [1.165, 1.54) is 0 Å². The molecule has 0 saturated heterocycles. The van der Waals surface area contributed by atoms with Crippen LogP contribution in [0.3, 0.4) is 0 Å². The van der Waals surface area contributed by atoms with E-state index in [4.69, 9.17) is 9.47 Å². The molecule has 1 aromatic rings. The fourth-order valence-electron chi connectivity index (χ4n) is 1.02. The average Bonchev–Trinajstić information content (AvgIpc) is 2.24. The number of hydrogen-bond acceptors (Lipinski definition) is 2. The Bertz CT molecular complexity index is 297. The SMILES string of the molecule is COCOc1cccc(/C=C/CBr)c1. The number of ether oxygens (including phenoxy) is 2. The van der Waals surface area contributed by atoms with Gasteiger partial charge in [0.25, 0.3) is 0 Å². The van der Waals surface area contributed by atoms with Gasteiger partial charge in [-0.15, -0.1) is 0 Å². The summed E-state index contributed by atoms with van der Waals surface area (Å²) in [6, 6.07) is 7.86. The molecule has 0 N–H and O–H groups in total. The molecule has 0 aromatic heterocycles. The normalized spacial score (nSPS) is 10.7. The Kier molecular flexibility index (Phi) is 5.33. The molecule has 14 heavy (non-hydrogen) atoms. The fraction of sp³-hybridized carbons (Fsp3) is 0.273. The highest BCUT2D eigenvalue weighted by Gasteiger charge is 1.93. The molecule has 0 unspecified atom stereocenters. The van der Waals surface area contributed by atoms with Gasteiger partial charge in [-0.2, -0.15) is 0 Å². The average molecular weight is 257 g/mol. The second kappa shape index (κ2) is 6.62. The number of benzene rings is 1. The standard InChI is InChI=1S/C11H13BrO2/c1-13-9-14-11-6-2-4-10(8-11)5-3-7-12/h2-6,8H,7,9H2,1H3/b5-3+. The van der Waals surface area contributed by atoms with Crippen LogP contribution in [0.1, 0.15) is 5.56 Å². The predicted molar refractivity (Wildman–Crippen MR) is 61.8 cm³/mol. The molecular formula is C11H13BrO2. The summed E-state index contributed by atoms with van der Waals surface area (Å²) in [6.45, 7) is 0.283. The zero-order chi connectivity index (χ0) is 10.2. The lowest BCUT2D eigenvalue weighted by Crippen LogP contribution is -1.98. The summed E-state index contributed by atoms with van der Waals surface area (Å²) in [4.78, 5) is 0. The zero-order valence-corrected chi connectivity index (χ0v) is 9.66.